The molecule has 0 radical (unpaired) electrons. The average Bonchev–Trinajstić information content (AvgIpc) is 3.31. The third-order valence-electron chi connectivity index (χ3n) is 5.29. The summed E-state index contributed by atoms with van der Waals surface area (Å²) in [5.41, 5.74) is 0.903. The van der Waals surface area contributed by atoms with Gasteiger partial charge in [0.1, 0.15) is 5.56 Å². The maximum atomic E-state index is 13.0. The zero-order valence-electron chi connectivity index (χ0n) is 16.8. The monoisotopic (exact) mass is 410 g/mol. The summed E-state index contributed by atoms with van der Waals surface area (Å²) >= 11 is 0. The molecule has 0 N–H and O–H groups in total. The van der Waals surface area contributed by atoms with Crippen molar-refractivity contribution in [3.63, 3.8) is 0 Å². The lowest BCUT2D eigenvalue weighted by Crippen LogP contribution is -2.49. The molecule has 1 aliphatic rings. The fourth-order valence-electron chi connectivity index (χ4n) is 3.81. The topological polar surface area (TPSA) is 97.9 Å². The van der Waals surface area contributed by atoms with Crippen LogP contribution in [0.4, 0.5) is 5.69 Å². The van der Waals surface area contributed by atoms with Crippen molar-refractivity contribution in [2.45, 2.75) is 6.92 Å². The van der Waals surface area contributed by atoms with E-state index in [2.05, 4.69) is 5.16 Å². The Morgan fingerprint density at radius 3 is 2.53 bits per heavy atom. The van der Waals surface area contributed by atoms with Gasteiger partial charge in [-0.1, -0.05) is 23.4 Å². The zero-order chi connectivity index (χ0) is 21.3. The molecule has 0 spiro atoms. The van der Waals surface area contributed by atoms with Gasteiger partial charge in [0, 0.05) is 44.7 Å². The first-order valence-corrected chi connectivity index (χ1v) is 9.76. The number of rotatable bonds is 4. The Hall–Kier alpha value is -3.62. The van der Waals surface area contributed by atoms with E-state index in [9.17, 15) is 14.4 Å². The second-order valence-electron chi connectivity index (χ2n) is 6.98. The van der Waals surface area contributed by atoms with Crippen LogP contribution in [0.2, 0.25) is 0 Å². The lowest BCUT2D eigenvalue weighted by molar-refractivity contribution is 0.0523. The number of amides is 1. The second-order valence-corrected chi connectivity index (χ2v) is 6.98. The number of carbonyl (C=O) groups is 2. The number of ether oxygens (including phenoxy) is 1. The van der Waals surface area contributed by atoms with Gasteiger partial charge in [-0.25, -0.2) is 4.79 Å². The Morgan fingerprint density at radius 1 is 1.13 bits per heavy atom. The van der Waals surface area contributed by atoms with E-state index in [0.717, 1.165) is 10.9 Å². The molecule has 1 saturated heterocycles. The number of hydrogen-bond acceptors (Lipinski definition) is 7. The number of pyridine rings is 1. The van der Waals surface area contributed by atoms with E-state index in [1.807, 2.05) is 29.2 Å². The Bertz CT molecular complexity index is 1140. The van der Waals surface area contributed by atoms with Gasteiger partial charge in [0.15, 0.2) is 0 Å². The maximum absolute atomic E-state index is 13.0. The van der Waals surface area contributed by atoms with Crippen molar-refractivity contribution in [2.24, 2.45) is 7.05 Å². The molecule has 1 aliphatic heterocycles. The van der Waals surface area contributed by atoms with Crippen molar-refractivity contribution in [1.82, 2.24) is 14.6 Å². The third kappa shape index (κ3) is 3.32. The molecule has 156 valence electrons. The number of anilines is 1. The highest BCUT2D eigenvalue weighted by molar-refractivity contribution is 6.05. The van der Waals surface area contributed by atoms with E-state index < -0.39 is 11.5 Å². The quantitative estimate of drug-likeness (QED) is 0.604. The van der Waals surface area contributed by atoms with Crippen LogP contribution in [0.3, 0.4) is 0 Å². The fraction of sp³-hybridized carbons (Fsp3) is 0.333. The van der Waals surface area contributed by atoms with E-state index in [0.29, 0.717) is 31.9 Å². The highest BCUT2D eigenvalue weighted by Crippen LogP contribution is 2.30. The Labute approximate surface area is 172 Å². The number of carbonyl (C=O) groups excluding carboxylic acids is 2. The minimum atomic E-state index is -0.640. The molecular formula is C21H22N4O5. The molecule has 1 fully saturated rings. The molecule has 0 aliphatic carbocycles. The molecular weight excluding hydrogens is 388 g/mol. The molecule has 0 saturated carbocycles. The normalized spacial score (nSPS) is 14.2. The van der Waals surface area contributed by atoms with Gasteiger partial charge in [-0.3, -0.25) is 9.59 Å². The molecule has 9 nitrogen and oxygen atoms in total. The molecule has 9 heteroatoms. The predicted octanol–water partition coefficient (Wildman–Crippen LogP) is 1.67. The van der Waals surface area contributed by atoms with Crippen molar-refractivity contribution in [1.29, 1.82) is 0 Å². The lowest BCUT2D eigenvalue weighted by Gasteiger charge is -2.37. The van der Waals surface area contributed by atoms with Crippen LogP contribution in [0.5, 0.6) is 0 Å². The predicted molar refractivity (Wildman–Crippen MR) is 110 cm³/mol. The van der Waals surface area contributed by atoms with E-state index in [1.165, 1.54) is 16.8 Å². The van der Waals surface area contributed by atoms with Gasteiger partial charge in [-0.15, -0.1) is 0 Å². The minimum absolute atomic E-state index is 0.0214. The summed E-state index contributed by atoms with van der Waals surface area (Å²) < 4.78 is 11.6. The van der Waals surface area contributed by atoms with Crippen molar-refractivity contribution in [3.8, 4) is 0 Å². The van der Waals surface area contributed by atoms with Crippen LogP contribution in [-0.4, -0.2) is 59.3 Å². The third-order valence-corrected chi connectivity index (χ3v) is 5.29. The molecule has 0 unspecified atom stereocenters. The molecule has 30 heavy (non-hydrogen) atoms. The summed E-state index contributed by atoms with van der Waals surface area (Å²) in [5, 5.41) is 4.37. The Kier molecular flexibility index (Phi) is 5.26. The van der Waals surface area contributed by atoms with Gasteiger partial charge >= 0.3 is 5.97 Å². The van der Waals surface area contributed by atoms with Crippen LogP contribution in [0.25, 0.3) is 10.9 Å². The van der Waals surface area contributed by atoms with Gasteiger partial charge < -0.3 is 23.6 Å². The molecule has 0 atom stereocenters. The van der Waals surface area contributed by atoms with Gasteiger partial charge in [0.25, 0.3) is 11.5 Å². The molecule has 1 amide bonds. The van der Waals surface area contributed by atoms with Gasteiger partial charge in [-0.2, -0.15) is 0 Å². The number of hydrogen-bond donors (Lipinski definition) is 0. The SMILES string of the molecule is CCOC(=O)c1c(N2CCN(C(=O)c3ccno3)CC2)c2ccccc2n(C)c1=O. The van der Waals surface area contributed by atoms with Crippen molar-refractivity contribution < 1.29 is 18.8 Å². The van der Waals surface area contributed by atoms with E-state index in [1.54, 1.807) is 18.9 Å². The summed E-state index contributed by atoms with van der Waals surface area (Å²) in [6, 6.07) is 8.98. The van der Waals surface area contributed by atoms with Crippen molar-refractivity contribution in [3.05, 3.63) is 58.2 Å². The number of para-hydroxylation sites is 1. The molecule has 1 aromatic carbocycles. The van der Waals surface area contributed by atoms with Crippen LogP contribution < -0.4 is 10.5 Å². The molecule has 3 heterocycles. The van der Waals surface area contributed by atoms with Crippen LogP contribution in [0.1, 0.15) is 27.8 Å². The number of esters is 1. The highest BCUT2D eigenvalue weighted by Gasteiger charge is 2.30. The average molecular weight is 410 g/mol. The summed E-state index contributed by atoms with van der Waals surface area (Å²) in [6.07, 6.45) is 1.43. The van der Waals surface area contributed by atoms with Crippen LogP contribution in [0.15, 0.2) is 45.8 Å². The zero-order valence-corrected chi connectivity index (χ0v) is 16.8. The number of benzene rings is 1. The summed E-state index contributed by atoms with van der Waals surface area (Å²) in [7, 11) is 1.64. The van der Waals surface area contributed by atoms with Gasteiger partial charge in [0.05, 0.1) is 24.0 Å². The molecule has 2 aromatic heterocycles. The Morgan fingerprint density at radius 2 is 1.87 bits per heavy atom. The number of piperazine rings is 1. The van der Waals surface area contributed by atoms with E-state index in [4.69, 9.17) is 9.26 Å². The molecule has 0 bridgehead atoms. The largest absolute Gasteiger partial charge is 0.462 e. The number of fused-ring (bicyclic) bond motifs is 1. The molecule has 3 aromatic rings. The first-order valence-electron chi connectivity index (χ1n) is 9.76. The van der Waals surface area contributed by atoms with E-state index >= 15 is 0 Å². The van der Waals surface area contributed by atoms with Crippen LogP contribution in [-0.2, 0) is 11.8 Å². The highest BCUT2D eigenvalue weighted by atomic mass is 16.5. The fourth-order valence-corrected chi connectivity index (χ4v) is 3.81. The maximum Gasteiger partial charge on any atom is 0.345 e. The van der Waals surface area contributed by atoms with E-state index in [-0.39, 0.29) is 23.8 Å². The standard InChI is InChI=1S/C21H22N4O5/c1-3-29-21(28)17-18(14-6-4-5-7-15(14)23(2)20(17)27)24-10-12-25(13-11-24)19(26)16-8-9-22-30-16/h4-9H,3,10-13H2,1-2H3. The van der Waals surface area contributed by atoms with Crippen LogP contribution in [0, 0.1) is 0 Å². The minimum Gasteiger partial charge on any atom is -0.462 e. The van der Waals surface area contributed by atoms with Gasteiger partial charge in [-0.05, 0) is 13.0 Å². The first-order chi connectivity index (χ1) is 14.5. The number of aryl methyl sites for hydroxylation is 1. The number of nitrogens with zero attached hydrogens (tertiary/aromatic N) is 4. The van der Waals surface area contributed by atoms with Crippen molar-refractivity contribution in [2.75, 3.05) is 37.7 Å². The Balaban J connectivity index is 1.72. The number of aromatic nitrogens is 2. The van der Waals surface area contributed by atoms with Crippen LogP contribution >= 0.6 is 0 Å². The van der Waals surface area contributed by atoms with Crippen molar-refractivity contribution >= 4 is 28.5 Å². The first kappa shape index (κ1) is 19.7. The molecule has 4 rings (SSSR count). The summed E-state index contributed by atoms with van der Waals surface area (Å²) in [4.78, 5) is 41.9. The lowest BCUT2D eigenvalue weighted by atomic mass is 10.1. The van der Waals surface area contributed by atoms with Gasteiger partial charge in [0.2, 0.25) is 5.76 Å². The summed E-state index contributed by atoms with van der Waals surface area (Å²) in [6.45, 7) is 3.65. The summed E-state index contributed by atoms with van der Waals surface area (Å²) in [5.74, 6) is -0.680. The second kappa shape index (κ2) is 8.02. The smallest absolute Gasteiger partial charge is 0.345 e.